The van der Waals surface area contributed by atoms with E-state index in [1.807, 2.05) is 32.2 Å². The zero-order valence-corrected chi connectivity index (χ0v) is 6.91. The first-order valence-corrected chi connectivity index (χ1v) is 3.76. The molecule has 0 aliphatic carbocycles. The lowest BCUT2D eigenvalue weighted by Crippen LogP contribution is -1.86. The first-order chi connectivity index (χ1) is 4.89. The molecule has 0 spiro atoms. The van der Waals surface area contributed by atoms with Gasteiger partial charge in [0.05, 0.1) is 0 Å². The van der Waals surface area contributed by atoms with Crippen LogP contribution < -0.4 is 0 Å². The quantitative estimate of drug-likeness (QED) is 0.487. The minimum absolute atomic E-state index is 0.491. The molecule has 10 heavy (non-hydrogen) atoms. The third-order valence-corrected chi connectivity index (χ3v) is 1.02. The van der Waals surface area contributed by atoms with Crippen molar-refractivity contribution in [3.05, 3.63) is 24.4 Å². The molecule has 0 aromatic carbocycles. The van der Waals surface area contributed by atoms with Crippen molar-refractivity contribution in [1.29, 1.82) is 0 Å². The fourth-order valence-electron chi connectivity index (χ4n) is 0.574. The summed E-state index contributed by atoms with van der Waals surface area (Å²) in [5, 5.41) is 0. The molecule has 0 aromatic rings. The van der Waals surface area contributed by atoms with Gasteiger partial charge in [0.1, 0.15) is 0 Å². The van der Waals surface area contributed by atoms with E-state index in [9.17, 15) is 0 Å². The van der Waals surface area contributed by atoms with Gasteiger partial charge in [-0.3, -0.25) is 4.99 Å². The van der Waals surface area contributed by atoms with Gasteiger partial charge in [0.15, 0.2) is 0 Å². The maximum absolute atomic E-state index is 3.98. The van der Waals surface area contributed by atoms with Crippen molar-refractivity contribution in [3.8, 4) is 0 Å². The Morgan fingerprint density at radius 3 is 2.60 bits per heavy atom. The second-order valence-electron chi connectivity index (χ2n) is 1.88. The first-order valence-electron chi connectivity index (χ1n) is 3.76. The molecule has 1 heterocycles. The second-order valence-corrected chi connectivity index (χ2v) is 1.88. The van der Waals surface area contributed by atoms with Crippen LogP contribution in [0.1, 0.15) is 20.8 Å². The Morgan fingerprint density at radius 2 is 1.90 bits per heavy atom. The molecule has 56 valence electrons. The Bertz CT molecular complexity index is 127. The Kier molecular flexibility index (Phi) is 5.74. The van der Waals surface area contributed by atoms with Crippen LogP contribution in [0.4, 0.5) is 0 Å². The molecule has 0 aromatic heterocycles. The Hall–Kier alpha value is -0.850. The van der Waals surface area contributed by atoms with Gasteiger partial charge in [-0.25, -0.2) is 0 Å². The molecule has 1 unspecified atom stereocenters. The molecular weight excluding hydrogens is 122 g/mol. The lowest BCUT2D eigenvalue weighted by molar-refractivity contribution is 1.03. The van der Waals surface area contributed by atoms with E-state index in [1.165, 1.54) is 0 Å². The van der Waals surface area contributed by atoms with Crippen molar-refractivity contribution in [2.24, 2.45) is 10.9 Å². The number of nitrogens with zero attached hydrogens (tertiary/aromatic N) is 1. The van der Waals surface area contributed by atoms with Crippen molar-refractivity contribution in [2.75, 3.05) is 0 Å². The van der Waals surface area contributed by atoms with E-state index in [2.05, 4.69) is 18.0 Å². The molecule has 0 N–H and O–H groups in total. The molecule has 0 saturated heterocycles. The maximum Gasteiger partial charge on any atom is 0.0264 e. The Morgan fingerprint density at radius 1 is 1.20 bits per heavy atom. The summed E-state index contributed by atoms with van der Waals surface area (Å²) in [6.45, 7) is 6.10. The van der Waals surface area contributed by atoms with Gasteiger partial charge < -0.3 is 0 Å². The topological polar surface area (TPSA) is 12.4 Å². The number of hydrogen-bond acceptors (Lipinski definition) is 1. The first kappa shape index (κ1) is 9.15. The van der Waals surface area contributed by atoms with Crippen LogP contribution in [0.3, 0.4) is 0 Å². The minimum atomic E-state index is 0.491. The summed E-state index contributed by atoms with van der Waals surface area (Å²) in [6, 6.07) is 0. The van der Waals surface area contributed by atoms with Crippen molar-refractivity contribution < 1.29 is 0 Å². The smallest absolute Gasteiger partial charge is 0.0264 e. The average Bonchev–Trinajstić information content (AvgIpc) is 2.21. The SMILES string of the molecule is CC.CC1C=CC=CN=C1. The average molecular weight is 137 g/mol. The van der Waals surface area contributed by atoms with E-state index >= 15 is 0 Å². The summed E-state index contributed by atoms with van der Waals surface area (Å²) in [4.78, 5) is 3.98. The summed E-state index contributed by atoms with van der Waals surface area (Å²) in [6.07, 6.45) is 9.75. The van der Waals surface area contributed by atoms with Crippen molar-refractivity contribution >= 4 is 6.21 Å². The van der Waals surface area contributed by atoms with Gasteiger partial charge in [-0.15, -0.1) is 0 Å². The molecular formula is C9H15N. The molecule has 0 saturated carbocycles. The molecule has 0 radical (unpaired) electrons. The van der Waals surface area contributed by atoms with Gasteiger partial charge in [-0.2, -0.15) is 0 Å². The van der Waals surface area contributed by atoms with Crippen molar-refractivity contribution in [2.45, 2.75) is 20.8 Å². The number of aliphatic imine (C=N–C) groups is 1. The molecule has 0 fully saturated rings. The highest BCUT2D eigenvalue weighted by molar-refractivity contribution is 5.64. The van der Waals surface area contributed by atoms with Gasteiger partial charge in [0.25, 0.3) is 0 Å². The second kappa shape index (κ2) is 6.27. The predicted octanol–water partition coefficient (Wildman–Crippen LogP) is 2.80. The van der Waals surface area contributed by atoms with E-state index in [4.69, 9.17) is 0 Å². The van der Waals surface area contributed by atoms with E-state index in [0.717, 1.165) is 0 Å². The third kappa shape index (κ3) is 4.07. The van der Waals surface area contributed by atoms with Crippen molar-refractivity contribution in [1.82, 2.24) is 0 Å². The van der Waals surface area contributed by atoms with E-state index in [-0.39, 0.29) is 0 Å². The highest BCUT2D eigenvalue weighted by atomic mass is 14.7. The van der Waals surface area contributed by atoms with Gasteiger partial charge in [0, 0.05) is 18.3 Å². The fourth-order valence-corrected chi connectivity index (χ4v) is 0.574. The summed E-state index contributed by atoms with van der Waals surface area (Å²) in [5.41, 5.74) is 0. The third-order valence-electron chi connectivity index (χ3n) is 1.02. The molecule has 0 amide bonds. The van der Waals surface area contributed by atoms with Crippen LogP contribution in [0.5, 0.6) is 0 Å². The lowest BCUT2D eigenvalue weighted by atomic mass is 10.2. The minimum Gasteiger partial charge on any atom is -0.268 e. The normalized spacial score (nSPS) is 21.3. The molecule has 1 atom stereocenters. The highest BCUT2D eigenvalue weighted by Crippen LogP contribution is 1.96. The molecule has 1 heteroatoms. The summed E-state index contributed by atoms with van der Waals surface area (Å²) in [7, 11) is 0. The standard InChI is InChI=1S/C7H9N.C2H6/c1-7-4-2-3-5-8-6-7;1-2/h2-7H,1H3;1-2H3. The lowest BCUT2D eigenvalue weighted by Gasteiger charge is -1.89. The van der Waals surface area contributed by atoms with Crippen LogP contribution in [0.2, 0.25) is 0 Å². The fraction of sp³-hybridized carbons (Fsp3) is 0.444. The van der Waals surface area contributed by atoms with Crippen molar-refractivity contribution in [3.63, 3.8) is 0 Å². The van der Waals surface area contributed by atoms with E-state index in [0.29, 0.717) is 5.92 Å². The van der Waals surface area contributed by atoms with E-state index in [1.54, 1.807) is 6.20 Å². The molecule has 1 aliphatic heterocycles. The van der Waals surface area contributed by atoms with Crippen LogP contribution in [-0.2, 0) is 0 Å². The number of allylic oxidation sites excluding steroid dienone is 3. The van der Waals surface area contributed by atoms with Crippen LogP contribution in [-0.4, -0.2) is 6.21 Å². The number of hydrogen-bond donors (Lipinski definition) is 0. The zero-order valence-electron chi connectivity index (χ0n) is 6.91. The molecule has 0 bridgehead atoms. The maximum atomic E-state index is 3.98. The molecule has 1 aliphatic rings. The predicted molar refractivity (Wildman–Crippen MR) is 47.3 cm³/mol. The van der Waals surface area contributed by atoms with Crippen LogP contribution >= 0.6 is 0 Å². The highest BCUT2D eigenvalue weighted by Gasteiger charge is 1.88. The van der Waals surface area contributed by atoms with Crippen LogP contribution in [0.15, 0.2) is 29.4 Å². The van der Waals surface area contributed by atoms with Gasteiger partial charge in [0.2, 0.25) is 0 Å². The largest absolute Gasteiger partial charge is 0.268 e. The van der Waals surface area contributed by atoms with Crippen LogP contribution in [0.25, 0.3) is 0 Å². The van der Waals surface area contributed by atoms with E-state index < -0.39 is 0 Å². The molecule has 1 rings (SSSR count). The van der Waals surface area contributed by atoms with Gasteiger partial charge in [-0.05, 0) is 6.08 Å². The summed E-state index contributed by atoms with van der Waals surface area (Å²) < 4.78 is 0. The summed E-state index contributed by atoms with van der Waals surface area (Å²) in [5.74, 6) is 0.491. The Labute approximate surface area is 63.2 Å². The van der Waals surface area contributed by atoms with Gasteiger partial charge >= 0.3 is 0 Å². The molecule has 1 nitrogen and oxygen atoms in total. The Balaban J connectivity index is 0.000000371. The van der Waals surface area contributed by atoms with Gasteiger partial charge in [-0.1, -0.05) is 32.9 Å². The monoisotopic (exact) mass is 137 g/mol. The zero-order chi connectivity index (χ0) is 7.82. The van der Waals surface area contributed by atoms with Crippen LogP contribution in [0, 0.1) is 5.92 Å². The number of rotatable bonds is 0. The summed E-state index contributed by atoms with van der Waals surface area (Å²) >= 11 is 0.